The molecule has 5 aromatic rings. The minimum absolute atomic E-state index is 0.134. The molecule has 2 aliphatic rings. The highest BCUT2D eigenvalue weighted by molar-refractivity contribution is 6.03. The van der Waals surface area contributed by atoms with E-state index in [0.29, 0.717) is 71.1 Å². The second-order valence-corrected chi connectivity index (χ2v) is 14.6. The quantitative estimate of drug-likeness (QED) is 0.111. The molecule has 4 N–H and O–H groups in total. The molecule has 3 aromatic heterocycles. The van der Waals surface area contributed by atoms with Gasteiger partial charge in [-0.15, -0.1) is 0 Å². The summed E-state index contributed by atoms with van der Waals surface area (Å²) in [6, 6.07) is 10.8. The molecule has 0 spiro atoms. The van der Waals surface area contributed by atoms with E-state index in [9.17, 15) is 19.1 Å². The maximum absolute atomic E-state index is 15.1. The second-order valence-electron chi connectivity index (χ2n) is 14.6. The van der Waals surface area contributed by atoms with Gasteiger partial charge < -0.3 is 24.3 Å². The van der Waals surface area contributed by atoms with Crippen LogP contribution in [0.15, 0.2) is 53.6 Å². The van der Waals surface area contributed by atoms with Crippen LogP contribution in [-0.4, -0.2) is 71.0 Å². The number of amidine groups is 1. The molecule has 0 aliphatic carbocycles. The maximum Gasteiger partial charge on any atom is 0.410 e. The molecule has 2 amide bonds. The molecule has 53 heavy (non-hydrogen) atoms. The number of hydrogen-bond acceptors (Lipinski definition) is 6. The van der Waals surface area contributed by atoms with Crippen molar-refractivity contribution in [1.82, 2.24) is 34.1 Å². The van der Waals surface area contributed by atoms with Crippen molar-refractivity contribution in [2.75, 3.05) is 13.2 Å². The standard InChI is InChI=1S/C39H45FN8O5/c1-7-39(6,36(41)43-38(51)52)47-30-9-8-25(26-11-15-53-23(4)18-26)19-27(30)20-31(47)35(49)45-13-10-29-32(24(45)5)34(46-14-12-42-37(46)50)48(44-29)28-16-21(2)33(40)22(3)17-28/h8-9,12,14,16-17,19-20,23-24,26H,7,10-11,13,15,18H2,1-6H3,(H2,41,43)(H,42,50)(H,51,52)/t23-,24-,26-,39+/m0/s1. The van der Waals surface area contributed by atoms with Crippen LogP contribution in [0.1, 0.15) is 97.4 Å². The highest BCUT2D eigenvalue weighted by atomic mass is 19.1. The molecule has 2 aliphatic heterocycles. The third kappa shape index (κ3) is 6.04. The molecule has 0 saturated carbocycles. The zero-order chi connectivity index (χ0) is 37.9. The summed E-state index contributed by atoms with van der Waals surface area (Å²) in [5.74, 6) is -0.140. The molecule has 4 atom stereocenters. The van der Waals surface area contributed by atoms with E-state index in [1.807, 2.05) is 26.0 Å². The fourth-order valence-corrected chi connectivity index (χ4v) is 8.19. The van der Waals surface area contributed by atoms with Gasteiger partial charge in [0.15, 0.2) is 0 Å². The van der Waals surface area contributed by atoms with Crippen LogP contribution in [0.4, 0.5) is 9.18 Å². The van der Waals surface area contributed by atoms with Gasteiger partial charge in [0.2, 0.25) is 0 Å². The van der Waals surface area contributed by atoms with Gasteiger partial charge in [-0.25, -0.2) is 18.7 Å². The van der Waals surface area contributed by atoms with Crippen molar-refractivity contribution in [3.05, 3.63) is 98.7 Å². The monoisotopic (exact) mass is 724 g/mol. The van der Waals surface area contributed by atoms with E-state index in [4.69, 9.17) is 15.2 Å². The summed E-state index contributed by atoms with van der Waals surface area (Å²) < 4.78 is 25.4. The number of fused-ring (bicyclic) bond motifs is 2. The number of aryl methyl sites for hydroxylation is 2. The number of nitrogens with one attached hydrogen (secondary N) is 3. The zero-order valence-corrected chi connectivity index (χ0v) is 30.8. The Morgan fingerprint density at radius 3 is 2.55 bits per heavy atom. The Labute approximate surface area is 305 Å². The first-order valence-electron chi connectivity index (χ1n) is 18.1. The lowest BCUT2D eigenvalue weighted by atomic mass is 9.88. The number of carbonyl (C=O) groups excluding carboxylic acids is 1. The third-order valence-corrected chi connectivity index (χ3v) is 11.2. The number of H-pyrrole nitrogens is 1. The Hall–Kier alpha value is -5.50. The average molecular weight is 725 g/mol. The Balaban J connectivity index is 1.37. The van der Waals surface area contributed by atoms with Crippen LogP contribution in [0, 0.1) is 25.1 Å². The van der Waals surface area contributed by atoms with Crippen molar-refractivity contribution >= 4 is 28.7 Å². The van der Waals surface area contributed by atoms with Crippen LogP contribution in [0.2, 0.25) is 0 Å². The Kier molecular flexibility index (Phi) is 9.13. The van der Waals surface area contributed by atoms with E-state index < -0.39 is 23.4 Å². The molecular formula is C39H45FN8O5. The molecule has 0 unspecified atom stereocenters. The topological polar surface area (TPSA) is 163 Å². The van der Waals surface area contributed by atoms with Gasteiger partial charge >= 0.3 is 11.8 Å². The van der Waals surface area contributed by atoms with E-state index >= 15 is 4.79 Å². The summed E-state index contributed by atoms with van der Waals surface area (Å²) >= 11 is 0. The van der Waals surface area contributed by atoms with Crippen molar-refractivity contribution < 1.29 is 23.8 Å². The average Bonchev–Trinajstić information content (AvgIpc) is 3.84. The number of carbonyl (C=O) groups is 2. The van der Waals surface area contributed by atoms with Crippen molar-refractivity contribution in [3.63, 3.8) is 0 Å². The van der Waals surface area contributed by atoms with Crippen LogP contribution in [-0.2, 0) is 16.7 Å². The van der Waals surface area contributed by atoms with Crippen molar-refractivity contribution in [3.8, 4) is 11.5 Å². The van der Waals surface area contributed by atoms with E-state index in [1.54, 1.807) is 53.2 Å². The molecule has 278 valence electrons. The normalized spacial score (nSPS) is 19.9. The van der Waals surface area contributed by atoms with Gasteiger partial charge in [0.1, 0.15) is 23.2 Å². The number of nitrogens with zero attached hydrogens (tertiary/aromatic N) is 5. The number of rotatable bonds is 7. The molecule has 7 rings (SSSR count). The van der Waals surface area contributed by atoms with Gasteiger partial charge in [-0.3, -0.25) is 20.1 Å². The molecule has 14 heteroatoms. The second kappa shape index (κ2) is 13.5. The van der Waals surface area contributed by atoms with E-state index in [2.05, 4.69) is 29.4 Å². The summed E-state index contributed by atoms with van der Waals surface area (Å²) in [5, 5.41) is 26.5. The highest BCUT2D eigenvalue weighted by Gasteiger charge is 2.40. The van der Waals surface area contributed by atoms with Crippen molar-refractivity contribution in [2.45, 2.75) is 90.8 Å². The first-order chi connectivity index (χ1) is 25.2. The maximum atomic E-state index is 15.1. The lowest BCUT2D eigenvalue weighted by Gasteiger charge is -2.37. The summed E-state index contributed by atoms with van der Waals surface area (Å²) in [6.07, 6.45) is 4.38. The van der Waals surface area contributed by atoms with Crippen LogP contribution < -0.4 is 11.0 Å². The molecule has 1 fully saturated rings. The zero-order valence-electron chi connectivity index (χ0n) is 30.8. The van der Waals surface area contributed by atoms with Crippen LogP contribution >= 0.6 is 0 Å². The summed E-state index contributed by atoms with van der Waals surface area (Å²) in [6.45, 7) is 11.9. The SMILES string of the molecule is CC[C@](C)(C(=N)NC(=O)O)n1c(C(=O)N2CCc3nn(-c4cc(C)c(F)c(C)c4)c(-n4cc[nH]c4=O)c3[C@@H]2C)cc2cc([C@H]3CCO[C@@H](C)C3)ccc21. The Morgan fingerprint density at radius 2 is 1.91 bits per heavy atom. The van der Waals surface area contributed by atoms with Gasteiger partial charge in [-0.05, 0) is 107 Å². The number of aromatic amines is 1. The smallest absolute Gasteiger partial charge is 0.410 e. The number of aromatic nitrogens is 5. The third-order valence-electron chi connectivity index (χ3n) is 11.2. The summed E-state index contributed by atoms with van der Waals surface area (Å²) in [4.78, 5) is 44.4. The van der Waals surface area contributed by atoms with Gasteiger partial charge in [-0.1, -0.05) is 13.0 Å². The number of amides is 2. The molecule has 2 aromatic carbocycles. The Bertz CT molecular complexity index is 2310. The van der Waals surface area contributed by atoms with Gasteiger partial charge in [-0.2, -0.15) is 5.10 Å². The number of carboxylic acid groups (broad SMARTS) is 1. The van der Waals surface area contributed by atoms with Crippen LogP contribution in [0.3, 0.4) is 0 Å². The number of benzene rings is 2. The largest absolute Gasteiger partial charge is 0.465 e. The number of hydrogen-bond donors (Lipinski definition) is 4. The predicted molar refractivity (Wildman–Crippen MR) is 198 cm³/mol. The first-order valence-corrected chi connectivity index (χ1v) is 18.1. The minimum Gasteiger partial charge on any atom is -0.465 e. The molecule has 13 nitrogen and oxygen atoms in total. The number of imidazole rings is 1. The molecule has 0 radical (unpaired) electrons. The Morgan fingerprint density at radius 1 is 1.17 bits per heavy atom. The lowest BCUT2D eigenvalue weighted by molar-refractivity contribution is 0.0186. The van der Waals surface area contributed by atoms with Gasteiger partial charge in [0.05, 0.1) is 29.1 Å². The van der Waals surface area contributed by atoms with Gasteiger partial charge in [0, 0.05) is 48.4 Å². The summed E-state index contributed by atoms with van der Waals surface area (Å²) in [7, 11) is 0. The fourth-order valence-electron chi connectivity index (χ4n) is 8.19. The number of halogens is 1. The molecule has 5 heterocycles. The van der Waals surface area contributed by atoms with Crippen LogP contribution in [0.5, 0.6) is 0 Å². The van der Waals surface area contributed by atoms with E-state index in [-0.39, 0.29) is 29.6 Å². The van der Waals surface area contributed by atoms with Crippen molar-refractivity contribution in [1.29, 1.82) is 5.41 Å². The van der Waals surface area contributed by atoms with Gasteiger partial charge in [0.25, 0.3) is 5.91 Å². The molecule has 1 saturated heterocycles. The predicted octanol–water partition coefficient (Wildman–Crippen LogP) is 6.47. The number of ether oxygens (including phenoxy) is 1. The molecular weight excluding hydrogens is 679 g/mol. The van der Waals surface area contributed by atoms with Crippen LogP contribution in [0.25, 0.3) is 22.4 Å². The minimum atomic E-state index is -1.36. The van der Waals surface area contributed by atoms with E-state index in [0.717, 1.165) is 23.8 Å². The highest BCUT2D eigenvalue weighted by Crippen LogP contribution is 2.40. The van der Waals surface area contributed by atoms with Crippen molar-refractivity contribution in [2.24, 2.45) is 0 Å². The lowest BCUT2D eigenvalue weighted by Crippen LogP contribution is -2.49. The first kappa shape index (κ1) is 35.9. The molecule has 0 bridgehead atoms. The summed E-state index contributed by atoms with van der Waals surface area (Å²) in [5.41, 5.74) is 3.40. The van der Waals surface area contributed by atoms with E-state index in [1.165, 1.54) is 10.8 Å². The fraction of sp³-hybridized carbons (Fsp3) is 0.410.